The average molecular weight is 454 g/mol. The van der Waals surface area contributed by atoms with E-state index in [1.807, 2.05) is 19.1 Å². The van der Waals surface area contributed by atoms with Crippen molar-refractivity contribution in [1.82, 2.24) is 5.43 Å². The molecule has 0 heterocycles. The predicted octanol–water partition coefficient (Wildman–Crippen LogP) is 3.76. The van der Waals surface area contributed by atoms with Crippen LogP contribution in [0.15, 0.2) is 77.9 Å². The molecule has 0 aliphatic carbocycles. The topological polar surface area (TPSA) is 121 Å². The second-order valence-electron chi connectivity index (χ2n) is 7.41. The van der Waals surface area contributed by atoms with E-state index in [1.54, 1.807) is 73.7 Å². The number of hydrazone groups is 1. The van der Waals surface area contributed by atoms with Crippen molar-refractivity contribution in [3.05, 3.63) is 95.1 Å². The summed E-state index contributed by atoms with van der Waals surface area (Å²) in [5.41, 5.74) is 6.00. The second kappa shape index (κ2) is 11.2. The number of carbonyl (C=O) groups excluding carboxylic acids is 3. The highest BCUT2D eigenvalue weighted by Gasteiger charge is 2.14. The first-order chi connectivity index (χ1) is 16.4. The van der Waals surface area contributed by atoms with E-state index in [2.05, 4.69) is 15.8 Å². The first-order valence-electron chi connectivity index (χ1n) is 10.4. The Labute approximate surface area is 196 Å². The summed E-state index contributed by atoms with van der Waals surface area (Å²) in [5, 5.41) is 15.1. The van der Waals surface area contributed by atoms with Gasteiger partial charge in [-0.2, -0.15) is 10.4 Å². The Morgan fingerprint density at radius 2 is 1.65 bits per heavy atom. The summed E-state index contributed by atoms with van der Waals surface area (Å²) in [6, 6.07) is 22.4. The molecule has 0 aliphatic rings. The van der Waals surface area contributed by atoms with Crippen LogP contribution in [0.5, 0.6) is 5.75 Å². The molecule has 0 radical (unpaired) electrons. The fourth-order valence-corrected chi connectivity index (χ4v) is 2.94. The average Bonchev–Trinajstić information content (AvgIpc) is 2.84. The van der Waals surface area contributed by atoms with Crippen LogP contribution in [0.3, 0.4) is 0 Å². The third-order valence-electron chi connectivity index (χ3n) is 4.76. The molecule has 34 heavy (non-hydrogen) atoms. The van der Waals surface area contributed by atoms with Crippen molar-refractivity contribution in [2.75, 3.05) is 5.32 Å². The van der Waals surface area contributed by atoms with Crippen LogP contribution >= 0.6 is 0 Å². The summed E-state index contributed by atoms with van der Waals surface area (Å²) in [4.78, 5) is 36.4. The predicted molar refractivity (Wildman–Crippen MR) is 127 cm³/mol. The van der Waals surface area contributed by atoms with Crippen LogP contribution in [-0.4, -0.2) is 23.5 Å². The van der Waals surface area contributed by atoms with Gasteiger partial charge < -0.3 is 10.1 Å². The number of rotatable bonds is 6. The lowest BCUT2D eigenvalue weighted by molar-refractivity contribution is -0.136. The number of nitriles is 1. The summed E-state index contributed by atoms with van der Waals surface area (Å²) in [7, 11) is 0. The van der Waals surface area contributed by atoms with Crippen LogP contribution in [0.1, 0.15) is 34.0 Å². The van der Waals surface area contributed by atoms with Crippen molar-refractivity contribution in [2.24, 2.45) is 5.10 Å². The Balaban J connectivity index is 1.55. The molecule has 0 saturated carbocycles. The number of hydrogen-bond acceptors (Lipinski definition) is 6. The number of benzene rings is 3. The number of carbonyl (C=O) groups is 3. The largest absolute Gasteiger partial charge is 0.423 e. The maximum Gasteiger partial charge on any atom is 0.343 e. The molecule has 8 heteroatoms. The number of nitrogens with zero attached hydrogens (tertiary/aromatic N) is 2. The first kappa shape index (κ1) is 23.9. The Hall–Kier alpha value is -4.77. The Kier molecular flexibility index (Phi) is 7.87. The fourth-order valence-electron chi connectivity index (χ4n) is 2.94. The molecule has 0 unspecified atom stereocenters. The van der Waals surface area contributed by atoms with Crippen molar-refractivity contribution in [2.45, 2.75) is 20.3 Å². The Morgan fingerprint density at radius 1 is 0.941 bits per heavy atom. The molecule has 8 nitrogen and oxygen atoms in total. The monoisotopic (exact) mass is 454 g/mol. The third kappa shape index (κ3) is 6.61. The van der Waals surface area contributed by atoms with Crippen LogP contribution in [-0.2, 0) is 16.0 Å². The quantitative estimate of drug-likeness (QED) is 0.193. The molecule has 0 saturated heterocycles. The summed E-state index contributed by atoms with van der Waals surface area (Å²) >= 11 is 0. The van der Waals surface area contributed by atoms with Gasteiger partial charge in [0, 0.05) is 5.69 Å². The van der Waals surface area contributed by atoms with Gasteiger partial charge in [-0.15, -0.1) is 0 Å². The van der Waals surface area contributed by atoms with Crippen molar-refractivity contribution in [3.63, 3.8) is 0 Å². The van der Waals surface area contributed by atoms with E-state index in [-0.39, 0.29) is 6.42 Å². The molecule has 0 aliphatic heterocycles. The van der Waals surface area contributed by atoms with Crippen molar-refractivity contribution in [3.8, 4) is 11.8 Å². The van der Waals surface area contributed by atoms with E-state index in [4.69, 9.17) is 10.00 Å². The van der Waals surface area contributed by atoms with Gasteiger partial charge in [0.15, 0.2) is 0 Å². The summed E-state index contributed by atoms with van der Waals surface area (Å²) in [5.74, 6) is -1.89. The van der Waals surface area contributed by atoms with E-state index >= 15 is 0 Å². The van der Waals surface area contributed by atoms with Crippen LogP contribution in [0.25, 0.3) is 0 Å². The number of amides is 2. The van der Waals surface area contributed by atoms with Gasteiger partial charge in [0.1, 0.15) is 5.75 Å². The molecule has 2 N–H and O–H groups in total. The van der Waals surface area contributed by atoms with Crippen molar-refractivity contribution >= 4 is 29.2 Å². The maximum atomic E-state index is 12.3. The van der Waals surface area contributed by atoms with E-state index < -0.39 is 17.8 Å². The molecule has 2 amide bonds. The van der Waals surface area contributed by atoms with Gasteiger partial charge in [-0.25, -0.2) is 10.2 Å². The smallest absolute Gasteiger partial charge is 0.343 e. The fraction of sp³-hybridized carbons (Fsp3) is 0.115. The molecule has 0 bridgehead atoms. The zero-order valence-corrected chi connectivity index (χ0v) is 18.7. The highest BCUT2D eigenvalue weighted by molar-refractivity contribution is 6.39. The third-order valence-corrected chi connectivity index (χ3v) is 4.76. The molecule has 0 aromatic heterocycles. The molecule has 3 aromatic rings. The van der Waals surface area contributed by atoms with Gasteiger partial charge in [0.2, 0.25) is 0 Å². The van der Waals surface area contributed by atoms with Crippen LogP contribution in [0.4, 0.5) is 5.69 Å². The molecule has 3 rings (SSSR count). The zero-order chi connectivity index (χ0) is 24.5. The SMILES string of the molecule is C/C(=N\NC(=O)C(=O)Nc1ccc(CC#N)cc1)c1ccc(OC(=O)c2cccc(C)c2)cc1. The zero-order valence-electron chi connectivity index (χ0n) is 18.7. The molecular formula is C26H22N4O4. The number of aryl methyl sites for hydroxylation is 1. The van der Waals surface area contributed by atoms with Crippen LogP contribution in [0.2, 0.25) is 0 Å². The van der Waals surface area contributed by atoms with Crippen molar-refractivity contribution in [1.29, 1.82) is 5.26 Å². The number of nitrogens with one attached hydrogen (secondary N) is 2. The van der Waals surface area contributed by atoms with Gasteiger partial charge >= 0.3 is 17.8 Å². The number of esters is 1. The summed E-state index contributed by atoms with van der Waals surface area (Å²) < 4.78 is 5.38. The molecular weight excluding hydrogens is 432 g/mol. The number of anilines is 1. The standard InChI is InChI=1S/C26H22N4O4/c1-17-4-3-5-21(16-17)26(33)34-23-12-8-20(9-13-23)18(2)29-30-25(32)24(31)28-22-10-6-19(7-11-22)14-15-27/h3-13,16H,14H2,1-2H3,(H,28,31)(H,30,32)/b29-18+. The Morgan fingerprint density at radius 3 is 2.29 bits per heavy atom. The van der Waals surface area contributed by atoms with Gasteiger partial charge in [0.25, 0.3) is 0 Å². The molecule has 3 aromatic carbocycles. The minimum atomic E-state index is -0.927. The Bertz CT molecular complexity index is 1270. The highest BCUT2D eigenvalue weighted by atomic mass is 16.5. The first-order valence-corrected chi connectivity index (χ1v) is 10.4. The van der Waals surface area contributed by atoms with E-state index in [9.17, 15) is 14.4 Å². The minimum Gasteiger partial charge on any atom is -0.423 e. The molecule has 0 atom stereocenters. The van der Waals surface area contributed by atoms with E-state index in [1.165, 1.54) is 0 Å². The second-order valence-corrected chi connectivity index (χ2v) is 7.41. The summed E-state index contributed by atoms with van der Waals surface area (Å²) in [6.45, 7) is 3.56. The van der Waals surface area contributed by atoms with Crippen molar-refractivity contribution < 1.29 is 19.1 Å². The lowest BCUT2D eigenvalue weighted by Gasteiger charge is -2.07. The highest BCUT2D eigenvalue weighted by Crippen LogP contribution is 2.15. The number of ether oxygens (including phenoxy) is 1. The lowest BCUT2D eigenvalue weighted by atomic mass is 10.1. The van der Waals surface area contributed by atoms with Gasteiger partial charge in [-0.05, 0) is 73.5 Å². The van der Waals surface area contributed by atoms with Gasteiger partial charge in [-0.1, -0.05) is 29.8 Å². The van der Waals surface area contributed by atoms with E-state index in [0.29, 0.717) is 28.3 Å². The maximum absolute atomic E-state index is 12.3. The summed E-state index contributed by atoms with van der Waals surface area (Å²) in [6.07, 6.45) is 0.263. The normalized spacial score (nSPS) is 10.7. The minimum absolute atomic E-state index is 0.263. The number of hydrogen-bond donors (Lipinski definition) is 2. The molecule has 0 spiro atoms. The lowest BCUT2D eigenvalue weighted by Crippen LogP contribution is -2.32. The van der Waals surface area contributed by atoms with E-state index in [0.717, 1.165) is 11.1 Å². The van der Waals surface area contributed by atoms with Crippen LogP contribution < -0.4 is 15.5 Å². The van der Waals surface area contributed by atoms with Gasteiger partial charge in [0.05, 0.1) is 23.8 Å². The van der Waals surface area contributed by atoms with Gasteiger partial charge in [-0.3, -0.25) is 9.59 Å². The molecule has 170 valence electrons. The van der Waals surface area contributed by atoms with Crippen LogP contribution in [0, 0.1) is 18.3 Å². The molecule has 0 fully saturated rings.